The summed E-state index contributed by atoms with van der Waals surface area (Å²) in [4.78, 5) is 20.7. The summed E-state index contributed by atoms with van der Waals surface area (Å²) in [6.45, 7) is 1.87. The van der Waals surface area contributed by atoms with E-state index >= 15 is 0 Å². The Labute approximate surface area is 156 Å². The number of amides is 1. The number of hydrogen-bond acceptors (Lipinski definition) is 5. The first-order valence-electron chi connectivity index (χ1n) is 7.86. The summed E-state index contributed by atoms with van der Waals surface area (Å²) < 4.78 is 5.17. The zero-order valence-corrected chi connectivity index (χ0v) is 15.0. The van der Waals surface area contributed by atoms with Crippen molar-refractivity contribution in [3.63, 3.8) is 0 Å². The largest absolute Gasteiger partial charge is 0.497 e. The summed E-state index contributed by atoms with van der Waals surface area (Å²) in [6, 6.07) is 12.7. The van der Waals surface area contributed by atoms with Crippen molar-refractivity contribution in [1.29, 1.82) is 0 Å². The van der Waals surface area contributed by atoms with Gasteiger partial charge in [-0.3, -0.25) is 4.79 Å². The fourth-order valence-corrected chi connectivity index (χ4v) is 2.53. The summed E-state index contributed by atoms with van der Waals surface area (Å²) in [5.41, 5.74) is 2.72. The molecular weight excluding hydrogens is 352 g/mol. The lowest BCUT2D eigenvalue weighted by molar-refractivity contribution is 0.102. The Bertz CT molecular complexity index is 929. The van der Waals surface area contributed by atoms with Gasteiger partial charge < -0.3 is 15.4 Å². The molecule has 6 nitrogen and oxygen atoms in total. The average Bonchev–Trinajstić information content (AvgIpc) is 2.64. The molecule has 26 heavy (non-hydrogen) atoms. The number of carbonyl (C=O) groups is 1. The molecule has 0 saturated heterocycles. The summed E-state index contributed by atoms with van der Waals surface area (Å²) in [7, 11) is 1.60. The van der Waals surface area contributed by atoms with Gasteiger partial charge in [-0.05, 0) is 42.8 Å². The van der Waals surface area contributed by atoms with E-state index in [4.69, 9.17) is 16.3 Å². The molecule has 0 bridgehead atoms. The number of benzene rings is 2. The molecule has 0 unspecified atom stereocenters. The van der Waals surface area contributed by atoms with Crippen LogP contribution in [0, 0.1) is 6.92 Å². The molecule has 3 rings (SSSR count). The van der Waals surface area contributed by atoms with E-state index in [0.717, 1.165) is 17.0 Å². The van der Waals surface area contributed by atoms with E-state index in [0.29, 0.717) is 22.2 Å². The van der Waals surface area contributed by atoms with E-state index in [-0.39, 0.29) is 5.91 Å². The zero-order chi connectivity index (χ0) is 18.5. The van der Waals surface area contributed by atoms with Crippen molar-refractivity contribution in [3.8, 4) is 5.75 Å². The SMILES string of the molecule is COc1cccc(Nc2ncc(C(=O)Nc3ccc(Cl)cc3C)cn2)c1. The number of carbonyl (C=O) groups excluding carboxylic acids is 1. The molecule has 0 atom stereocenters. The molecule has 1 heterocycles. The highest BCUT2D eigenvalue weighted by molar-refractivity contribution is 6.30. The topological polar surface area (TPSA) is 76.1 Å². The van der Waals surface area contributed by atoms with Crippen LogP contribution in [-0.4, -0.2) is 23.0 Å². The number of nitrogens with one attached hydrogen (secondary N) is 2. The summed E-state index contributed by atoms with van der Waals surface area (Å²) >= 11 is 5.93. The van der Waals surface area contributed by atoms with E-state index in [1.165, 1.54) is 12.4 Å². The van der Waals surface area contributed by atoms with Gasteiger partial charge in [0, 0.05) is 34.9 Å². The maximum absolute atomic E-state index is 12.3. The predicted molar refractivity (Wildman–Crippen MR) is 102 cm³/mol. The fraction of sp³-hybridized carbons (Fsp3) is 0.105. The van der Waals surface area contributed by atoms with Gasteiger partial charge in [0.2, 0.25) is 5.95 Å². The number of ether oxygens (including phenoxy) is 1. The van der Waals surface area contributed by atoms with Gasteiger partial charge in [0.1, 0.15) is 5.75 Å². The highest BCUT2D eigenvalue weighted by Crippen LogP contribution is 2.21. The van der Waals surface area contributed by atoms with E-state index in [2.05, 4.69) is 20.6 Å². The van der Waals surface area contributed by atoms with Crippen LogP contribution >= 0.6 is 11.6 Å². The van der Waals surface area contributed by atoms with Gasteiger partial charge in [0.25, 0.3) is 5.91 Å². The second-order valence-electron chi connectivity index (χ2n) is 5.57. The lowest BCUT2D eigenvalue weighted by atomic mass is 10.2. The first kappa shape index (κ1) is 17.7. The maximum Gasteiger partial charge on any atom is 0.258 e. The lowest BCUT2D eigenvalue weighted by Gasteiger charge is -2.09. The number of rotatable bonds is 5. The fourth-order valence-electron chi connectivity index (χ4n) is 2.30. The van der Waals surface area contributed by atoms with E-state index in [1.807, 2.05) is 31.2 Å². The molecule has 0 aliphatic heterocycles. The van der Waals surface area contributed by atoms with Crippen molar-refractivity contribution in [2.75, 3.05) is 17.7 Å². The molecule has 7 heteroatoms. The van der Waals surface area contributed by atoms with Gasteiger partial charge in [-0.2, -0.15) is 0 Å². The standard InChI is InChI=1S/C19H17ClN4O2/c1-12-8-14(20)6-7-17(12)24-18(25)13-10-21-19(22-11-13)23-15-4-3-5-16(9-15)26-2/h3-11H,1-2H3,(H,24,25)(H,21,22,23). The van der Waals surface area contributed by atoms with Gasteiger partial charge in [-0.1, -0.05) is 17.7 Å². The molecule has 1 aromatic heterocycles. The maximum atomic E-state index is 12.3. The highest BCUT2D eigenvalue weighted by atomic mass is 35.5. The van der Waals surface area contributed by atoms with Crippen LogP contribution in [0.1, 0.15) is 15.9 Å². The second-order valence-corrected chi connectivity index (χ2v) is 6.00. The number of methoxy groups -OCH3 is 1. The quantitative estimate of drug-likeness (QED) is 0.696. The molecule has 3 aromatic rings. The van der Waals surface area contributed by atoms with Gasteiger partial charge in [0.05, 0.1) is 12.7 Å². The van der Waals surface area contributed by atoms with Gasteiger partial charge in [0.15, 0.2) is 0 Å². The molecule has 0 aliphatic carbocycles. The molecule has 1 amide bonds. The van der Waals surface area contributed by atoms with E-state index < -0.39 is 0 Å². The molecule has 2 aromatic carbocycles. The third-order valence-corrected chi connectivity index (χ3v) is 3.91. The minimum Gasteiger partial charge on any atom is -0.497 e. The van der Waals surface area contributed by atoms with Crippen molar-refractivity contribution in [2.24, 2.45) is 0 Å². The van der Waals surface area contributed by atoms with Crippen LogP contribution in [0.4, 0.5) is 17.3 Å². The second kappa shape index (κ2) is 7.84. The van der Waals surface area contributed by atoms with Gasteiger partial charge in [-0.25, -0.2) is 9.97 Å². The zero-order valence-electron chi connectivity index (χ0n) is 14.3. The minimum absolute atomic E-state index is 0.289. The summed E-state index contributed by atoms with van der Waals surface area (Å²) in [5, 5.41) is 6.51. The third kappa shape index (κ3) is 4.29. The Kier molecular flexibility index (Phi) is 5.34. The van der Waals surface area contributed by atoms with Crippen molar-refractivity contribution in [1.82, 2.24) is 9.97 Å². The Balaban J connectivity index is 1.69. The van der Waals surface area contributed by atoms with Crippen LogP contribution < -0.4 is 15.4 Å². The Hall–Kier alpha value is -3.12. The monoisotopic (exact) mass is 368 g/mol. The molecule has 0 fully saturated rings. The first-order chi connectivity index (χ1) is 12.5. The average molecular weight is 369 g/mol. The number of aromatic nitrogens is 2. The predicted octanol–water partition coefficient (Wildman–Crippen LogP) is 4.44. The number of nitrogens with zero attached hydrogens (tertiary/aromatic N) is 2. The molecule has 2 N–H and O–H groups in total. The van der Waals surface area contributed by atoms with Crippen molar-refractivity contribution < 1.29 is 9.53 Å². The van der Waals surface area contributed by atoms with Gasteiger partial charge in [-0.15, -0.1) is 0 Å². The Morgan fingerprint density at radius 1 is 1.12 bits per heavy atom. The number of anilines is 3. The van der Waals surface area contributed by atoms with Crippen LogP contribution in [0.3, 0.4) is 0 Å². The number of halogens is 1. The number of aryl methyl sites for hydroxylation is 1. The smallest absolute Gasteiger partial charge is 0.258 e. The van der Waals surface area contributed by atoms with Crippen molar-refractivity contribution in [2.45, 2.75) is 6.92 Å². The van der Waals surface area contributed by atoms with Crippen LogP contribution in [0.15, 0.2) is 54.9 Å². The molecular formula is C19H17ClN4O2. The molecule has 0 aliphatic rings. The van der Waals surface area contributed by atoms with Crippen LogP contribution in [-0.2, 0) is 0 Å². The third-order valence-electron chi connectivity index (χ3n) is 3.68. The summed E-state index contributed by atoms with van der Waals surface area (Å²) in [6.07, 6.45) is 2.94. The molecule has 132 valence electrons. The van der Waals surface area contributed by atoms with Crippen molar-refractivity contribution >= 4 is 34.8 Å². The van der Waals surface area contributed by atoms with Crippen LogP contribution in [0.5, 0.6) is 5.75 Å². The minimum atomic E-state index is -0.289. The van der Waals surface area contributed by atoms with Crippen LogP contribution in [0.2, 0.25) is 5.02 Å². The molecule has 0 saturated carbocycles. The molecule has 0 spiro atoms. The van der Waals surface area contributed by atoms with E-state index in [1.54, 1.807) is 25.3 Å². The summed E-state index contributed by atoms with van der Waals surface area (Å²) in [5.74, 6) is 0.824. The normalized spacial score (nSPS) is 10.3. The van der Waals surface area contributed by atoms with Crippen LogP contribution in [0.25, 0.3) is 0 Å². The first-order valence-corrected chi connectivity index (χ1v) is 8.23. The Morgan fingerprint density at radius 3 is 2.58 bits per heavy atom. The Morgan fingerprint density at radius 2 is 1.88 bits per heavy atom. The number of hydrogen-bond donors (Lipinski definition) is 2. The van der Waals surface area contributed by atoms with Gasteiger partial charge >= 0.3 is 0 Å². The lowest BCUT2D eigenvalue weighted by Crippen LogP contribution is -2.13. The highest BCUT2D eigenvalue weighted by Gasteiger charge is 2.10. The van der Waals surface area contributed by atoms with Crippen molar-refractivity contribution in [3.05, 3.63) is 71.0 Å². The van der Waals surface area contributed by atoms with E-state index in [9.17, 15) is 4.79 Å². The molecule has 0 radical (unpaired) electrons.